The van der Waals surface area contributed by atoms with Gasteiger partial charge in [0.25, 0.3) is 0 Å². The van der Waals surface area contributed by atoms with Gasteiger partial charge in [0.2, 0.25) is 0 Å². The number of halogens is 1. The average molecular weight is 324 g/mol. The molecule has 0 saturated heterocycles. The van der Waals surface area contributed by atoms with Crippen molar-refractivity contribution >= 4 is 23.5 Å². The summed E-state index contributed by atoms with van der Waals surface area (Å²) in [5.74, 6) is 0.831. The van der Waals surface area contributed by atoms with E-state index >= 15 is 0 Å². The lowest BCUT2D eigenvalue weighted by atomic mass is 10.2. The number of hydrogen-bond acceptors (Lipinski definition) is 3. The molecule has 1 N–H and O–H groups in total. The minimum Gasteiger partial charge on any atom is -0.508 e. The lowest BCUT2D eigenvalue weighted by Gasteiger charge is -2.23. The first kappa shape index (κ1) is 17.9. The van der Waals surface area contributed by atoms with E-state index in [1.54, 1.807) is 30.2 Å². The Balaban J connectivity index is 2.69. The van der Waals surface area contributed by atoms with Crippen molar-refractivity contribution < 1.29 is 5.11 Å². The Kier molecular flexibility index (Phi) is 7.65. The topological polar surface area (TPSA) is 23.5 Å². The number of phenolic OH excluding ortho intramolecular Hbond substituents is 1. The maximum Gasteiger partial charge on any atom is 0.115 e. The van der Waals surface area contributed by atoms with Crippen LogP contribution in [-0.4, -0.2) is 22.5 Å². The van der Waals surface area contributed by atoms with E-state index in [9.17, 15) is 5.11 Å². The predicted octanol–water partition coefficient (Wildman–Crippen LogP) is 5.22. The molecule has 0 spiro atoms. The number of rotatable bonds is 8. The van der Waals surface area contributed by atoms with Crippen LogP contribution in [0.3, 0.4) is 0 Å². The molecule has 0 atom stereocenters. The molecule has 0 heterocycles. The standard InChI is InChI=1S/C17H22ClNOS/c1-13(2)11-19(12-14(3)5-6-15(4)18)21-17-9-7-16(20)8-10-17/h5-10,13,20H,3-4,11-12H2,1-2H3/b6-5-. The second kappa shape index (κ2) is 8.98. The molecule has 2 nitrogen and oxygen atoms in total. The quantitative estimate of drug-likeness (QED) is 0.524. The number of hydrogen-bond donors (Lipinski definition) is 1. The Morgan fingerprint density at radius 1 is 1.29 bits per heavy atom. The van der Waals surface area contributed by atoms with Gasteiger partial charge in [0, 0.05) is 23.0 Å². The highest BCUT2D eigenvalue weighted by Crippen LogP contribution is 2.26. The molecule has 4 heteroatoms. The van der Waals surface area contributed by atoms with Crippen LogP contribution < -0.4 is 0 Å². The number of aromatic hydroxyl groups is 1. The number of benzene rings is 1. The Morgan fingerprint density at radius 2 is 1.90 bits per heavy atom. The third-order valence-corrected chi connectivity index (χ3v) is 3.66. The van der Waals surface area contributed by atoms with Gasteiger partial charge in [-0.2, -0.15) is 0 Å². The van der Waals surface area contributed by atoms with Gasteiger partial charge in [0.1, 0.15) is 5.75 Å². The zero-order valence-corrected chi connectivity index (χ0v) is 14.1. The highest BCUT2D eigenvalue weighted by Gasteiger charge is 2.10. The fraction of sp³-hybridized carbons (Fsp3) is 0.294. The van der Waals surface area contributed by atoms with E-state index in [2.05, 4.69) is 31.3 Å². The maximum absolute atomic E-state index is 9.34. The molecule has 0 fully saturated rings. The average Bonchev–Trinajstić information content (AvgIpc) is 2.38. The van der Waals surface area contributed by atoms with Crippen LogP contribution >= 0.6 is 23.5 Å². The Labute approximate surface area is 136 Å². The molecule has 21 heavy (non-hydrogen) atoms. The largest absolute Gasteiger partial charge is 0.508 e. The first-order chi connectivity index (χ1) is 9.86. The molecule has 0 bridgehead atoms. The highest BCUT2D eigenvalue weighted by atomic mass is 35.5. The molecular weight excluding hydrogens is 302 g/mol. The molecular formula is C17H22ClNOS. The summed E-state index contributed by atoms with van der Waals surface area (Å²) in [6.07, 6.45) is 3.64. The smallest absolute Gasteiger partial charge is 0.115 e. The Bertz CT molecular complexity index is 508. The van der Waals surface area contributed by atoms with Crippen LogP contribution in [0.4, 0.5) is 0 Å². The summed E-state index contributed by atoms with van der Waals surface area (Å²) in [5.41, 5.74) is 0.976. The van der Waals surface area contributed by atoms with E-state index in [1.807, 2.05) is 18.2 Å². The van der Waals surface area contributed by atoms with Gasteiger partial charge in [-0.3, -0.25) is 0 Å². The van der Waals surface area contributed by atoms with Crippen molar-refractivity contribution in [3.05, 3.63) is 60.2 Å². The van der Waals surface area contributed by atoms with Crippen molar-refractivity contribution in [3.8, 4) is 5.75 Å². The lowest BCUT2D eigenvalue weighted by Crippen LogP contribution is -2.22. The van der Waals surface area contributed by atoms with Crippen LogP contribution in [0.1, 0.15) is 13.8 Å². The normalized spacial score (nSPS) is 11.5. The lowest BCUT2D eigenvalue weighted by molar-refractivity contribution is 0.433. The third kappa shape index (κ3) is 8.00. The van der Waals surface area contributed by atoms with Crippen molar-refractivity contribution in [2.75, 3.05) is 13.1 Å². The molecule has 1 rings (SSSR count). The Morgan fingerprint density at radius 3 is 2.43 bits per heavy atom. The molecule has 0 radical (unpaired) electrons. The van der Waals surface area contributed by atoms with E-state index < -0.39 is 0 Å². The van der Waals surface area contributed by atoms with Gasteiger partial charge in [0.15, 0.2) is 0 Å². The summed E-state index contributed by atoms with van der Waals surface area (Å²) < 4.78 is 2.25. The molecule has 1 aromatic carbocycles. The van der Waals surface area contributed by atoms with Crippen LogP contribution in [-0.2, 0) is 0 Å². The fourth-order valence-electron chi connectivity index (χ4n) is 1.68. The van der Waals surface area contributed by atoms with Gasteiger partial charge in [-0.1, -0.05) is 44.7 Å². The van der Waals surface area contributed by atoms with Gasteiger partial charge in [-0.05, 0) is 53.8 Å². The predicted molar refractivity (Wildman–Crippen MR) is 93.6 cm³/mol. The van der Waals surface area contributed by atoms with E-state index in [0.29, 0.717) is 11.0 Å². The van der Waals surface area contributed by atoms with E-state index in [4.69, 9.17) is 11.6 Å². The van der Waals surface area contributed by atoms with Crippen molar-refractivity contribution in [3.63, 3.8) is 0 Å². The molecule has 1 aromatic rings. The first-order valence-corrected chi connectivity index (χ1v) is 7.94. The molecule has 0 aliphatic carbocycles. The summed E-state index contributed by atoms with van der Waals surface area (Å²) in [6, 6.07) is 7.21. The highest BCUT2D eigenvalue weighted by molar-refractivity contribution is 7.97. The molecule has 0 aliphatic heterocycles. The molecule has 0 aliphatic rings. The van der Waals surface area contributed by atoms with E-state index in [1.165, 1.54) is 0 Å². The van der Waals surface area contributed by atoms with Crippen LogP contribution in [0.25, 0.3) is 0 Å². The van der Waals surface area contributed by atoms with Crippen molar-refractivity contribution in [2.45, 2.75) is 18.7 Å². The second-order valence-electron chi connectivity index (χ2n) is 5.24. The van der Waals surface area contributed by atoms with Gasteiger partial charge < -0.3 is 5.11 Å². The SMILES string of the molecule is C=C(Cl)/C=C\C(=C)CN(CC(C)C)Sc1ccc(O)cc1. The molecule has 114 valence electrons. The number of nitrogens with zero attached hydrogens (tertiary/aromatic N) is 1. The third-order valence-electron chi connectivity index (χ3n) is 2.52. The van der Waals surface area contributed by atoms with Gasteiger partial charge >= 0.3 is 0 Å². The molecule has 0 saturated carbocycles. The summed E-state index contributed by atoms with van der Waals surface area (Å²) in [6.45, 7) is 13.7. The summed E-state index contributed by atoms with van der Waals surface area (Å²) in [5, 5.41) is 9.83. The van der Waals surface area contributed by atoms with Crippen molar-refractivity contribution in [1.82, 2.24) is 4.31 Å². The Hall–Kier alpha value is -1.16. The molecule has 0 aromatic heterocycles. The monoisotopic (exact) mass is 323 g/mol. The summed E-state index contributed by atoms with van der Waals surface area (Å²) in [4.78, 5) is 1.09. The molecule has 0 amide bonds. The summed E-state index contributed by atoms with van der Waals surface area (Å²) in [7, 11) is 0. The van der Waals surface area contributed by atoms with Crippen LogP contribution in [0, 0.1) is 5.92 Å². The van der Waals surface area contributed by atoms with Gasteiger partial charge in [0.05, 0.1) is 0 Å². The molecule has 0 unspecified atom stereocenters. The van der Waals surface area contributed by atoms with Crippen molar-refractivity contribution in [2.24, 2.45) is 5.92 Å². The van der Waals surface area contributed by atoms with Crippen LogP contribution in [0.5, 0.6) is 5.75 Å². The summed E-state index contributed by atoms with van der Waals surface area (Å²) >= 11 is 7.38. The minimum atomic E-state index is 0.280. The zero-order chi connectivity index (χ0) is 15.8. The first-order valence-electron chi connectivity index (χ1n) is 6.79. The zero-order valence-electron chi connectivity index (χ0n) is 12.6. The maximum atomic E-state index is 9.34. The van der Waals surface area contributed by atoms with E-state index in [-0.39, 0.29) is 5.75 Å². The number of allylic oxidation sites excluding steroid dienone is 2. The van der Waals surface area contributed by atoms with Crippen LogP contribution in [0.15, 0.2) is 65.1 Å². The van der Waals surface area contributed by atoms with Crippen LogP contribution in [0.2, 0.25) is 0 Å². The van der Waals surface area contributed by atoms with E-state index in [0.717, 1.165) is 23.6 Å². The number of phenols is 1. The van der Waals surface area contributed by atoms with Crippen molar-refractivity contribution in [1.29, 1.82) is 0 Å². The fourth-order valence-corrected chi connectivity index (χ4v) is 2.91. The van der Waals surface area contributed by atoms with Gasteiger partial charge in [-0.15, -0.1) is 0 Å². The second-order valence-corrected chi connectivity index (χ2v) is 6.90. The minimum absolute atomic E-state index is 0.280. The van der Waals surface area contributed by atoms with Gasteiger partial charge in [-0.25, -0.2) is 4.31 Å².